The maximum absolute atomic E-state index is 4.49. The van der Waals surface area contributed by atoms with Crippen LogP contribution in [-0.2, 0) is 19.4 Å². The van der Waals surface area contributed by atoms with E-state index in [9.17, 15) is 0 Å². The highest BCUT2D eigenvalue weighted by Gasteiger charge is 2.03. The lowest BCUT2D eigenvalue weighted by Gasteiger charge is -2.10. The minimum atomic E-state index is 0.725. The molecule has 5 nitrogen and oxygen atoms in total. The number of aryl methyl sites for hydroxylation is 3. The van der Waals surface area contributed by atoms with Gasteiger partial charge in [-0.25, -0.2) is 9.97 Å². The van der Waals surface area contributed by atoms with Crippen LogP contribution in [0, 0.1) is 6.92 Å². The van der Waals surface area contributed by atoms with Gasteiger partial charge in [0.1, 0.15) is 5.01 Å². The van der Waals surface area contributed by atoms with Crippen molar-refractivity contribution in [3.63, 3.8) is 0 Å². The van der Waals surface area contributed by atoms with E-state index < -0.39 is 0 Å². The second-order valence-corrected chi connectivity index (χ2v) is 7.41. The molecule has 0 fully saturated rings. The van der Waals surface area contributed by atoms with Crippen LogP contribution in [0.15, 0.2) is 16.6 Å². The Kier molecular flexibility index (Phi) is 7.48. The summed E-state index contributed by atoms with van der Waals surface area (Å²) in [4.78, 5) is 14.5. The van der Waals surface area contributed by atoms with E-state index in [1.54, 1.807) is 29.7 Å². The fourth-order valence-electron chi connectivity index (χ4n) is 2.10. The minimum Gasteiger partial charge on any atom is -0.356 e. The van der Waals surface area contributed by atoms with Gasteiger partial charge in [0.05, 0.1) is 11.6 Å². The Morgan fingerprint density at radius 3 is 2.78 bits per heavy atom. The summed E-state index contributed by atoms with van der Waals surface area (Å²) < 4.78 is 0. The molecule has 0 saturated heterocycles. The fraction of sp³-hybridized carbons (Fsp3) is 0.562. The van der Waals surface area contributed by atoms with Gasteiger partial charge in [-0.1, -0.05) is 6.92 Å². The van der Waals surface area contributed by atoms with E-state index in [0.29, 0.717) is 0 Å². The molecule has 0 atom stereocenters. The molecule has 2 heterocycles. The number of hydrogen-bond acceptors (Lipinski definition) is 5. The standard InChI is InChI=1S/C16H25N5S2/c1-4-13-9-19-15(23-13)10-20-16(17-3)18-8-6-5-7-14-21-12(2)11-22-14/h9,11H,4-8,10H2,1-3H3,(H2,17,18,20). The zero-order valence-electron chi connectivity index (χ0n) is 14.1. The SMILES string of the molecule is CCc1cnc(CNC(=NC)NCCCCc2nc(C)cs2)s1. The molecule has 0 radical (unpaired) electrons. The minimum absolute atomic E-state index is 0.725. The number of rotatable bonds is 8. The molecule has 0 aliphatic heterocycles. The molecule has 0 bridgehead atoms. The van der Waals surface area contributed by atoms with Crippen molar-refractivity contribution in [3.05, 3.63) is 32.2 Å². The highest BCUT2D eigenvalue weighted by molar-refractivity contribution is 7.11. The van der Waals surface area contributed by atoms with Crippen molar-refractivity contribution in [2.24, 2.45) is 4.99 Å². The Hall–Kier alpha value is -1.47. The molecule has 0 aromatic carbocycles. The fourth-order valence-corrected chi connectivity index (χ4v) is 3.72. The van der Waals surface area contributed by atoms with Crippen molar-refractivity contribution in [1.82, 2.24) is 20.6 Å². The third-order valence-corrected chi connectivity index (χ3v) is 5.53. The first-order valence-corrected chi connectivity index (χ1v) is 9.70. The van der Waals surface area contributed by atoms with Gasteiger partial charge in [0.15, 0.2) is 5.96 Å². The summed E-state index contributed by atoms with van der Waals surface area (Å²) in [5, 5.41) is 11.1. The van der Waals surface area contributed by atoms with Crippen LogP contribution in [0.3, 0.4) is 0 Å². The number of aromatic nitrogens is 2. The lowest BCUT2D eigenvalue weighted by atomic mass is 10.2. The molecule has 2 aromatic heterocycles. The number of unbranched alkanes of at least 4 members (excludes halogenated alkanes) is 1. The van der Waals surface area contributed by atoms with E-state index in [1.807, 2.05) is 13.1 Å². The van der Waals surface area contributed by atoms with Gasteiger partial charge in [-0.05, 0) is 32.6 Å². The molecule has 7 heteroatoms. The first kappa shape index (κ1) is 17.9. The van der Waals surface area contributed by atoms with Gasteiger partial charge in [0.25, 0.3) is 0 Å². The number of nitrogens with one attached hydrogen (secondary N) is 2. The Bertz CT molecular complexity index is 618. The lowest BCUT2D eigenvalue weighted by Crippen LogP contribution is -2.37. The maximum atomic E-state index is 4.49. The maximum Gasteiger partial charge on any atom is 0.191 e. The van der Waals surface area contributed by atoms with Gasteiger partial charge >= 0.3 is 0 Å². The van der Waals surface area contributed by atoms with Gasteiger partial charge in [0.2, 0.25) is 0 Å². The summed E-state index contributed by atoms with van der Waals surface area (Å²) in [5.41, 5.74) is 1.13. The van der Waals surface area contributed by atoms with Crippen LogP contribution in [0.2, 0.25) is 0 Å². The molecule has 2 aromatic rings. The largest absolute Gasteiger partial charge is 0.356 e. The van der Waals surface area contributed by atoms with Gasteiger partial charge in [-0.2, -0.15) is 0 Å². The summed E-state index contributed by atoms with van der Waals surface area (Å²) in [5.74, 6) is 0.836. The molecule has 2 rings (SSSR count). The molecular weight excluding hydrogens is 326 g/mol. The summed E-state index contributed by atoms with van der Waals surface area (Å²) in [6.07, 6.45) is 6.31. The van der Waals surface area contributed by atoms with Gasteiger partial charge < -0.3 is 10.6 Å². The zero-order chi connectivity index (χ0) is 16.5. The summed E-state index contributed by atoms with van der Waals surface area (Å²) in [6, 6.07) is 0. The number of nitrogens with zero attached hydrogens (tertiary/aromatic N) is 3. The smallest absolute Gasteiger partial charge is 0.191 e. The van der Waals surface area contributed by atoms with Crippen molar-refractivity contribution >= 4 is 28.6 Å². The summed E-state index contributed by atoms with van der Waals surface area (Å²) in [7, 11) is 1.80. The van der Waals surface area contributed by atoms with Crippen molar-refractivity contribution in [2.45, 2.75) is 46.1 Å². The quantitative estimate of drug-likeness (QED) is 0.436. The predicted molar refractivity (Wildman–Crippen MR) is 99.5 cm³/mol. The Morgan fingerprint density at radius 2 is 2.13 bits per heavy atom. The molecular formula is C16H25N5S2. The van der Waals surface area contributed by atoms with E-state index in [0.717, 1.165) is 55.4 Å². The predicted octanol–water partition coefficient (Wildman–Crippen LogP) is 3.16. The normalized spacial score (nSPS) is 11.7. The van der Waals surface area contributed by atoms with Crippen molar-refractivity contribution in [2.75, 3.05) is 13.6 Å². The average Bonchev–Trinajstić information content (AvgIpc) is 3.18. The van der Waals surface area contributed by atoms with E-state index >= 15 is 0 Å². The van der Waals surface area contributed by atoms with Crippen molar-refractivity contribution in [3.8, 4) is 0 Å². The van der Waals surface area contributed by atoms with Crippen LogP contribution in [0.1, 0.15) is 40.4 Å². The van der Waals surface area contributed by atoms with Gasteiger partial charge in [-0.15, -0.1) is 22.7 Å². The number of thiazole rings is 2. The molecule has 126 valence electrons. The average molecular weight is 352 g/mol. The number of guanidine groups is 1. The summed E-state index contributed by atoms with van der Waals surface area (Å²) >= 11 is 3.51. The van der Waals surface area contributed by atoms with E-state index in [1.165, 1.54) is 9.88 Å². The van der Waals surface area contributed by atoms with Crippen LogP contribution in [0.4, 0.5) is 0 Å². The Balaban J connectivity index is 1.61. The van der Waals surface area contributed by atoms with Crippen molar-refractivity contribution < 1.29 is 0 Å². The molecule has 23 heavy (non-hydrogen) atoms. The van der Waals surface area contributed by atoms with Crippen molar-refractivity contribution in [1.29, 1.82) is 0 Å². The molecule has 0 aliphatic carbocycles. The zero-order valence-corrected chi connectivity index (χ0v) is 15.7. The molecule has 0 unspecified atom stereocenters. The Morgan fingerprint density at radius 1 is 1.26 bits per heavy atom. The second kappa shape index (κ2) is 9.62. The van der Waals surface area contributed by atoms with E-state index in [2.05, 4.69) is 37.9 Å². The molecule has 0 saturated carbocycles. The Labute approximate surface area is 146 Å². The van der Waals surface area contributed by atoms with E-state index in [-0.39, 0.29) is 0 Å². The second-order valence-electron chi connectivity index (χ2n) is 5.27. The topological polar surface area (TPSA) is 62.2 Å². The highest BCUT2D eigenvalue weighted by atomic mass is 32.1. The monoisotopic (exact) mass is 351 g/mol. The van der Waals surface area contributed by atoms with Gasteiger partial charge in [-0.3, -0.25) is 4.99 Å². The third kappa shape index (κ3) is 6.27. The van der Waals surface area contributed by atoms with Gasteiger partial charge in [0, 0.05) is 35.7 Å². The van der Waals surface area contributed by atoms with Crippen LogP contribution in [0.25, 0.3) is 0 Å². The first-order valence-electron chi connectivity index (χ1n) is 8.00. The molecule has 0 spiro atoms. The van der Waals surface area contributed by atoms with E-state index in [4.69, 9.17) is 0 Å². The summed E-state index contributed by atoms with van der Waals surface area (Å²) in [6.45, 7) is 5.84. The third-order valence-electron chi connectivity index (χ3n) is 3.36. The van der Waals surface area contributed by atoms with Crippen LogP contribution >= 0.6 is 22.7 Å². The highest BCUT2D eigenvalue weighted by Crippen LogP contribution is 2.13. The lowest BCUT2D eigenvalue weighted by molar-refractivity contribution is 0.691. The molecule has 0 amide bonds. The number of hydrogen-bond donors (Lipinski definition) is 2. The molecule has 2 N–H and O–H groups in total. The van der Waals surface area contributed by atoms with Crippen LogP contribution in [0.5, 0.6) is 0 Å². The first-order chi connectivity index (χ1) is 11.2. The number of aliphatic imine (C=N–C) groups is 1. The van der Waals surface area contributed by atoms with Crippen LogP contribution in [-0.4, -0.2) is 29.5 Å². The molecule has 0 aliphatic rings. The van der Waals surface area contributed by atoms with Crippen LogP contribution < -0.4 is 10.6 Å².